The quantitative estimate of drug-likeness (QED) is 0.587. The van der Waals surface area contributed by atoms with E-state index in [4.69, 9.17) is 4.74 Å². The molecule has 150 valence electrons. The van der Waals surface area contributed by atoms with Gasteiger partial charge in [0.2, 0.25) is 0 Å². The predicted molar refractivity (Wildman–Crippen MR) is 113 cm³/mol. The Kier molecular flexibility index (Phi) is 6.12. The first-order chi connectivity index (χ1) is 14.0. The van der Waals surface area contributed by atoms with E-state index in [0.717, 1.165) is 16.9 Å². The van der Waals surface area contributed by atoms with Crippen LogP contribution in [0, 0.1) is 13.8 Å². The van der Waals surface area contributed by atoms with Gasteiger partial charge in [0.25, 0.3) is 5.91 Å². The molecule has 1 amide bonds. The molecule has 0 saturated heterocycles. The van der Waals surface area contributed by atoms with Crippen molar-refractivity contribution in [2.45, 2.75) is 27.7 Å². The predicted octanol–water partition coefficient (Wildman–Crippen LogP) is 4.33. The smallest absolute Gasteiger partial charge is 0.341 e. The largest absolute Gasteiger partial charge is 0.462 e. The summed E-state index contributed by atoms with van der Waals surface area (Å²) in [6.45, 7) is 8.43. The third-order valence-corrected chi connectivity index (χ3v) is 4.83. The number of esters is 1. The molecule has 0 radical (unpaired) electrons. The van der Waals surface area contributed by atoms with Crippen LogP contribution in [0.2, 0.25) is 0 Å². The maximum absolute atomic E-state index is 13.1. The first-order valence-electron chi connectivity index (χ1n) is 9.67. The van der Waals surface area contributed by atoms with Crippen molar-refractivity contribution in [3.63, 3.8) is 0 Å². The Morgan fingerprint density at radius 1 is 1.03 bits per heavy atom. The van der Waals surface area contributed by atoms with Gasteiger partial charge in [-0.25, -0.2) is 9.48 Å². The van der Waals surface area contributed by atoms with Crippen molar-refractivity contribution in [3.8, 4) is 5.69 Å². The number of aromatic nitrogens is 2. The Morgan fingerprint density at radius 2 is 1.72 bits per heavy atom. The third-order valence-electron chi connectivity index (χ3n) is 4.83. The van der Waals surface area contributed by atoms with Gasteiger partial charge in [-0.05, 0) is 63.6 Å². The number of para-hydroxylation sites is 1. The van der Waals surface area contributed by atoms with E-state index in [1.165, 1.54) is 6.20 Å². The van der Waals surface area contributed by atoms with Crippen LogP contribution in [-0.2, 0) is 4.74 Å². The lowest BCUT2D eigenvalue weighted by molar-refractivity contribution is 0.0525. The fourth-order valence-corrected chi connectivity index (χ4v) is 3.27. The Bertz CT molecular complexity index is 1020. The summed E-state index contributed by atoms with van der Waals surface area (Å²) in [5, 5.41) is 4.29. The molecule has 0 saturated carbocycles. The van der Waals surface area contributed by atoms with Gasteiger partial charge in [0.15, 0.2) is 0 Å². The first kappa shape index (κ1) is 20.3. The summed E-state index contributed by atoms with van der Waals surface area (Å²) < 4.78 is 6.72. The monoisotopic (exact) mass is 391 g/mol. The number of nitrogens with zero attached hydrogens (tertiary/aromatic N) is 3. The molecule has 3 aromatic rings. The summed E-state index contributed by atoms with van der Waals surface area (Å²) in [5.41, 5.74) is 4.45. The molecule has 0 bridgehead atoms. The van der Waals surface area contributed by atoms with Crippen molar-refractivity contribution < 1.29 is 14.3 Å². The summed E-state index contributed by atoms with van der Waals surface area (Å²) in [7, 11) is 0. The maximum Gasteiger partial charge on any atom is 0.341 e. The second kappa shape index (κ2) is 8.73. The van der Waals surface area contributed by atoms with Crippen molar-refractivity contribution in [2.24, 2.45) is 0 Å². The molecule has 1 heterocycles. The van der Waals surface area contributed by atoms with Crippen molar-refractivity contribution in [1.82, 2.24) is 9.78 Å². The van der Waals surface area contributed by atoms with Crippen LogP contribution in [-0.4, -0.2) is 34.8 Å². The number of ether oxygens (including phenoxy) is 1. The maximum atomic E-state index is 13.1. The molecular weight excluding hydrogens is 366 g/mol. The van der Waals surface area contributed by atoms with Crippen molar-refractivity contribution in [1.29, 1.82) is 0 Å². The van der Waals surface area contributed by atoms with Crippen LogP contribution >= 0.6 is 0 Å². The van der Waals surface area contributed by atoms with Gasteiger partial charge in [0, 0.05) is 17.8 Å². The second-order valence-electron chi connectivity index (χ2n) is 6.66. The minimum absolute atomic E-state index is 0.0576. The fraction of sp³-hybridized carbons (Fsp3) is 0.261. The highest BCUT2D eigenvalue weighted by Gasteiger charge is 2.19. The zero-order valence-electron chi connectivity index (χ0n) is 17.2. The number of hydrogen-bond donors (Lipinski definition) is 0. The van der Waals surface area contributed by atoms with Crippen LogP contribution in [0.5, 0.6) is 0 Å². The van der Waals surface area contributed by atoms with E-state index in [9.17, 15) is 9.59 Å². The standard InChI is InChI=1S/C23H25N3O3/c1-5-25(21-10-8-7-9-16(21)3)22(27)18-11-13-19(14-12-18)26-17(4)20(15-24-26)23(28)29-6-2/h7-15H,5-6H2,1-4H3. The molecule has 6 heteroatoms. The van der Waals surface area contributed by atoms with Crippen molar-refractivity contribution in [3.05, 3.63) is 77.1 Å². The molecule has 0 atom stereocenters. The Hall–Kier alpha value is -3.41. The lowest BCUT2D eigenvalue weighted by atomic mass is 10.1. The lowest BCUT2D eigenvalue weighted by Gasteiger charge is -2.23. The van der Waals surface area contributed by atoms with Gasteiger partial charge in [-0.2, -0.15) is 5.10 Å². The van der Waals surface area contributed by atoms with E-state index in [1.54, 1.807) is 28.6 Å². The van der Waals surface area contributed by atoms with Crippen LogP contribution in [0.1, 0.15) is 45.8 Å². The number of amides is 1. The minimum Gasteiger partial charge on any atom is -0.462 e. The zero-order chi connectivity index (χ0) is 21.0. The topological polar surface area (TPSA) is 64.4 Å². The molecule has 1 aromatic heterocycles. The summed E-state index contributed by atoms with van der Waals surface area (Å²) in [4.78, 5) is 26.8. The highest BCUT2D eigenvalue weighted by molar-refractivity contribution is 6.06. The van der Waals surface area contributed by atoms with E-state index in [1.807, 2.05) is 57.2 Å². The average molecular weight is 391 g/mol. The molecular formula is C23H25N3O3. The fourth-order valence-electron chi connectivity index (χ4n) is 3.27. The molecule has 2 aromatic carbocycles. The number of carbonyl (C=O) groups is 2. The molecule has 0 unspecified atom stereocenters. The number of anilines is 1. The number of hydrogen-bond acceptors (Lipinski definition) is 4. The Balaban J connectivity index is 1.86. The minimum atomic E-state index is -0.389. The van der Waals surface area contributed by atoms with Gasteiger partial charge in [0.05, 0.1) is 24.2 Å². The summed E-state index contributed by atoms with van der Waals surface area (Å²) >= 11 is 0. The lowest BCUT2D eigenvalue weighted by Crippen LogP contribution is -2.31. The second-order valence-corrected chi connectivity index (χ2v) is 6.66. The van der Waals surface area contributed by atoms with Gasteiger partial charge in [-0.1, -0.05) is 18.2 Å². The molecule has 0 fully saturated rings. The molecule has 0 N–H and O–H groups in total. The van der Waals surface area contributed by atoms with E-state index in [0.29, 0.717) is 30.0 Å². The van der Waals surface area contributed by atoms with Crippen LogP contribution < -0.4 is 4.90 Å². The van der Waals surface area contributed by atoms with Gasteiger partial charge >= 0.3 is 5.97 Å². The van der Waals surface area contributed by atoms with Crippen LogP contribution in [0.3, 0.4) is 0 Å². The number of rotatable bonds is 6. The number of benzene rings is 2. The molecule has 0 aliphatic rings. The van der Waals surface area contributed by atoms with E-state index >= 15 is 0 Å². The SMILES string of the molecule is CCOC(=O)c1cnn(-c2ccc(C(=O)N(CC)c3ccccc3C)cc2)c1C. The highest BCUT2D eigenvalue weighted by atomic mass is 16.5. The molecule has 0 aliphatic heterocycles. The molecule has 6 nitrogen and oxygen atoms in total. The number of aryl methyl sites for hydroxylation is 1. The molecule has 0 spiro atoms. The van der Waals surface area contributed by atoms with E-state index < -0.39 is 0 Å². The summed E-state index contributed by atoms with van der Waals surface area (Å²) in [6.07, 6.45) is 1.50. The van der Waals surface area contributed by atoms with Gasteiger partial charge in [-0.3, -0.25) is 4.79 Å². The van der Waals surface area contributed by atoms with Crippen LogP contribution in [0.15, 0.2) is 54.7 Å². The van der Waals surface area contributed by atoms with Crippen LogP contribution in [0.25, 0.3) is 5.69 Å². The molecule has 3 rings (SSSR count). The van der Waals surface area contributed by atoms with E-state index in [-0.39, 0.29) is 11.9 Å². The average Bonchev–Trinajstić information content (AvgIpc) is 3.11. The van der Waals surface area contributed by atoms with Gasteiger partial charge in [0.1, 0.15) is 5.56 Å². The third kappa shape index (κ3) is 4.06. The molecule has 0 aliphatic carbocycles. The summed E-state index contributed by atoms with van der Waals surface area (Å²) in [6, 6.07) is 15.1. The van der Waals surface area contributed by atoms with E-state index in [2.05, 4.69) is 5.10 Å². The van der Waals surface area contributed by atoms with Crippen LogP contribution in [0.4, 0.5) is 5.69 Å². The zero-order valence-corrected chi connectivity index (χ0v) is 17.2. The van der Waals surface area contributed by atoms with Crippen molar-refractivity contribution in [2.75, 3.05) is 18.1 Å². The Labute approximate surface area is 170 Å². The van der Waals surface area contributed by atoms with Crippen molar-refractivity contribution >= 4 is 17.6 Å². The Morgan fingerprint density at radius 3 is 2.34 bits per heavy atom. The highest BCUT2D eigenvalue weighted by Crippen LogP contribution is 2.22. The number of carbonyl (C=O) groups excluding carboxylic acids is 2. The first-order valence-corrected chi connectivity index (χ1v) is 9.67. The molecule has 29 heavy (non-hydrogen) atoms. The van der Waals surface area contributed by atoms with Gasteiger partial charge < -0.3 is 9.64 Å². The normalized spacial score (nSPS) is 10.6. The van der Waals surface area contributed by atoms with Gasteiger partial charge in [-0.15, -0.1) is 0 Å². The summed E-state index contributed by atoms with van der Waals surface area (Å²) in [5.74, 6) is -0.447.